The van der Waals surface area contributed by atoms with Crippen molar-refractivity contribution in [3.8, 4) is 11.1 Å². The van der Waals surface area contributed by atoms with Crippen molar-refractivity contribution in [1.82, 2.24) is 0 Å². The topological polar surface area (TPSA) is 89.6 Å². The molecule has 1 aliphatic rings. The minimum atomic E-state index is -4.63. The molecule has 0 spiro atoms. The van der Waals surface area contributed by atoms with Crippen LogP contribution >= 0.6 is 0 Å². The van der Waals surface area contributed by atoms with Gasteiger partial charge in [-0.15, -0.1) is 0 Å². The number of carbonyl (C=O) groups excluding carboxylic acids is 1. The molecule has 0 saturated carbocycles. The quantitative estimate of drug-likeness (QED) is 0.389. The highest BCUT2D eigenvalue weighted by molar-refractivity contribution is 5.95. The first kappa shape index (κ1) is 23.5. The third-order valence-electron chi connectivity index (χ3n) is 6.08. The van der Waals surface area contributed by atoms with Crippen molar-refractivity contribution in [3.05, 3.63) is 95.1 Å². The molecular weight excluding hydrogens is 447 g/mol. The van der Waals surface area contributed by atoms with Gasteiger partial charge in [0.05, 0.1) is 5.56 Å². The summed E-state index contributed by atoms with van der Waals surface area (Å²) < 4.78 is 45.3. The van der Waals surface area contributed by atoms with E-state index in [9.17, 15) is 27.9 Å². The first-order chi connectivity index (χ1) is 16.2. The van der Waals surface area contributed by atoms with E-state index in [0.29, 0.717) is 0 Å². The highest BCUT2D eigenvalue weighted by Crippen LogP contribution is 2.44. The minimum Gasteiger partial charge on any atom is -0.481 e. The number of carboxylic acid groups (broad SMARTS) is 1. The van der Waals surface area contributed by atoms with Crippen LogP contribution in [0.3, 0.4) is 0 Å². The lowest BCUT2D eigenvalue weighted by Gasteiger charge is -2.22. The average Bonchev–Trinajstić information content (AvgIpc) is 3.11. The molecule has 0 aromatic heterocycles. The van der Waals surface area contributed by atoms with Gasteiger partial charge in [0, 0.05) is 12.0 Å². The van der Waals surface area contributed by atoms with Gasteiger partial charge in [-0.25, -0.2) is 0 Å². The highest BCUT2D eigenvalue weighted by atomic mass is 19.4. The SMILES string of the molecule is NC(Cc1ccccc1C(F)(F)F)C(C(=O)O)C(=O)OCC1c2ccccc2-c2ccccc21. The summed E-state index contributed by atoms with van der Waals surface area (Å²) in [5, 5.41) is 9.63. The van der Waals surface area contributed by atoms with Gasteiger partial charge in [0.2, 0.25) is 0 Å². The molecule has 0 fully saturated rings. The Labute approximate surface area is 194 Å². The number of nitrogens with two attached hydrogens (primary N) is 1. The number of esters is 1. The van der Waals surface area contributed by atoms with Crippen molar-refractivity contribution in [3.63, 3.8) is 0 Å². The summed E-state index contributed by atoms with van der Waals surface area (Å²) in [4.78, 5) is 24.6. The maximum atomic E-state index is 13.3. The van der Waals surface area contributed by atoms with E-state index in [1.807, 2.05) is 48.5 Å². The van der Waals surface area contributed by atoms with E-state index >= 15 is 0 Å². The molecule has 0 heterocycles. The third kappa shape index (κ3) is 4.54. The number of alkyl halides is 3. The molecule has 0 aliphatic heterocycles. The molecule has 2 atom stereocenters. The van der Waals surface area contributed by atoms with Gasteiger partial charge >= 0.3 is 18.1 Å². The van der Waals surface area contributed by atoms with Crippen molar-refractivity contribution in [1.29, 1.82) is 0 Å². The maximum absolute atomic E-state index is 13.3. The third-order valence-corrected chi connectivity index (χ3v) is 6.08. The second-order valence-corrected chi connectivity index (χ2v) is 8.20. The fourth-order valence-corrected chi connectivity index (χ4v) is 4.50. The molecule has 3 aromatic rings. The molecule has 4 rings (SSSR count). The van der Waals surface area contributed by atoms with Gasteiger partial charge in [-0.2, -0.15) is 13.2 Å². The predicted molar refractivity (Wildman–Crippen MR) is 119 cm³/mol. The molecule has 2 unspecified atom stereocenters. The molecule has 0 radical (unpaired) electrons. The molecule has 8 heteroatoms. The second-order valence-electron chi connectivity index (χ2n) is 8.20. The predicted octanol–water partition coefficient (Wildman–Crippen LogP) is 4.63. The molecule has 0 saturated heterocycles. The van der Waals surface area contributed by atoms with Crippen molar-refractivity contribution in [2.24, 2.45) is 11.7 Å². The van der Waals surface area contributed by atoms with Crippen LogP contribution in [-0.4, -0.2) is 29.7 Å². The smallest absolute Gasteiger partial charge is 0.416 e. The largest absolute Gasteiger partial charge is 0.481 e. The Morgan fingerprint density at radius 2 is 1.44 bits per heavy atom. The number of rotatable bonds is 7. The lowest BCUT2D eigenvalue weighted by molar-refractivity contribution is -0.159. The Hall–Kier alpha value is -3.65. The number of aliphatic carboxylic acids is 1. The Balaban J connectivity index is 1.51. The van der Waals surface area contributed by atoms with Gasteiger partial charge in [-0.1, -0.05) is 66.7 Å². The zero-order valence-corrected chi connectivity index (χ0v) is 18.0. The Morgan fingerprint density at radius 1 is 0.912 bits per heavy atom. The zero-order chi connectivity index (χ0) is 24.5. The molecule has 3 N–H and O–H groups in total. The lowest BCUT2D eigenvalue weighted by atomic mass is 9.91. The summed E-state index contributed by atoms with van der Waals surface area (Å²) in [6.45, 7) is -0.109. The number of hydrogen-bond acceptors (Lipinski definition) is 4. The Kier molecular flexibility index (Phi) is 6.43. The fraction of sp³-hybridized carbons (Fsp3) is 0.231. The zero-order valence-electron chi connectivity index (χ0n) is 18.0. The van der Waals surface area contributed by atoms with Crippen molar-refractivity contribution in [2.45, 2.75) is 24.6 Å². The maximum Gasteiger partial charge on any atom is 0.416 e. The van der Waals surface area contributed by atoms with E-state index in [4.69, 9.17) is 10.5 Å². The number of fused-ring (bicyclic) bond motifs is 3. The summed E-state index contributed by atoms with van der Waals surface area (Å²) in [5.41, 5.74) is 8.78. The fourth-order valence-electron chi connectivity index (χ4n) is 4.50. The number of carboxylic acids is 1. The number of hydrogen-bond donors (Lipinski definition) is 2. The van der Waals surface area contributed by atoms with Crippen LogP contribution in [0.1, 0.15) is 28.2 Å². The summed E-state index contributed by atoms with van der Waals surface area (Å²) in [7, 11) is 0. The van der Waals surface area contributed by atoms with Gasteiger partial charge in [-0.05, 0) is 40.3 Å². The molecule has 176 valence electrons. The van der Waals surface area contributed by atoms with Gasteiger partial charge < -0.3 is 15.6 Å². The normalized spacial score (nSPS) is 14.7. The van der Waals surface area contributed by atoms with Crippen LogP contribution in [0.4, 0.5) is 13.2 Å². The van der Waals surface area contributed by atoms with Crippen LogP contribution in [0, 0.1) is 5.92 Å². The number of benzene rings is 3. The van der Waals surface area contributed by atoms with E-state index in [-0.39, 0.29) is 18.1 Å². The van der Waals surface area contributed by atoms with E-state index in [2.05, 4.69) is 0 Å². The summed E-state index contributed by atoms with van der Waals surface area (Å²) in [6, 6.07) is 18.7. The summed E-state index contributed by atoms with van der Waals surface area (Å²) in [5.74, 6) is -4.72. The standard InChI is InChI=1S/C26H22F3NO4/c27-26(28,29)21-12-6-1-7-15(21)13-22(30)23(24(31)32)25(33)34-14-20-18-10-4-2-8-16(18)17-9-3-5-11-19(17)20/h1-12,20,22-23H,13-14,30H2,(H,31,32). The van der Waals surface area contributed by atoms with Gasteiger partial charge in [0.1, 0.15) is 6.61 Å². The Bertz CT molecular complexity index is 1180. The van der Waals surface area contributed by atoms with Crippen LogP contribution in [0.15, 0.2) is 72.8 Å². The van der Waals surface area contributed by atoms with E-state index in [1.165, 1.54) is 18.2 Å². The van der Waals surface area contributed by atoms with E-state index in [1.54, 1.807) is 0 Å². The van der Waals surface area contributed by atoms with Crippen LogP contribution in [0.25, 0.3) is 11.1 Å². The van der Waals surface area contributed by atoms with Gasteiger partial charge in [-0.3, -0.25) is 9.59 Å². The second kappa shape index (κ2) is 9.30. The molecule has 0 bridgehead atoms. The van der Waals surface area contributed by atoms with Gasteiger partial charge in [0.15, 0.2) is 5.92 Å². The first-order valence-corrected chi connectivity index (χ1v) is 10.7. The number of carbonyl (C=O) groups is 2. The molecule has 0 amide bonds. The monoisotopic (exact) mass is 469 g/mol. The van der Waals surface area contributed by atoms with Crippen LogP contribution in [0.2, 0.25) is 0 Å². The highest BCUT2D eigenvalue weighted by Gasteiger charge is 2.38. The van der Waals surface area contributed by atoms with Crippen molar-refractivity contribution in [2.75, 3.05) is 6.61 Å². The summed E-state index contributed by atoms with van der Waals surface area (Å²) in [6.07, 6.45) is -5.07. The molecular formula is C26H22F3NO4. The number of halogens is 3. The molecule has 1 aliphatic carbocycles. The first-order valence-electron chi connectivity index (χ1n) is 10.7. The van der Waals surface area contributed by atoms with Crippen LogP contribution in [-0.2, 0) is 26.9 Å². The average molecular weight is 469 g/mol. The molecule has 34 heavy (non-hydrogen) atoms. The minimum absolute atomic E-state index is 0.109. The van der Waals surface area contributed by atoms with Crippen molar-refractivity contribution < 1.29 is 32.6 Å². The molecule has 5 nitrogen and oxygen atoms in total. The van der Waals surface area contributed by atoms with Gasteiger partial charge in [0.25, 0.3) is 0 Å². The number of ether oxygens (including phenoxy) is 1. The Morgan fingerprint density at radius 3 is 2.00 bits per heavy atom. The van der Waals surface area contributed by atoms with E-state index < -0.39 is 42.1 Å². The van der Waals surface area contributed by atoms with Crippen LogP contribution < -0.4 is 5.73 Å². The lowest BCUT2D eigenvalue weighted by Crippen LogP contribution is -2.43. The summed E-state index contributed by atoms with van der Waals surface area (Å²) >= 11 is 0. The molecule has 3 aromatic carbocycles. The van der Waals surface area contributed by atoms with E-state index in [0.717, 1.165) is 28.3 Å². The van der Waals surface area contributed by atoms with Crippen LogP contribution in [0.5, 0.6) is 0 Å². The van der Waals surface area contributed by atoms with Crippen molar-refractivity contribution >= 4 is 11.9 Å².